The Balaban J connectivity index is 2.11. The lowest BCUT2D eigenvalue weighted by atomic mass is 10.1. The molecule has 1 aromatic carbocycles. The molecule has 2 rings (SSSR count). The van der Waals surface area contributed by atoms with Crippen LogP contribution in [-0.2, 0) is 9.84 Å². The van der Waals surface area contributed by atoms with Gasteiger partial charge in [-0.05, 0) is 48.9 Å². The van der Waals surface area contributed by atoms with Crippen molar-refractivity contribution in [3.8, 4) is 0 Å². The van der Waals surface area contributed by atoms with Crippen LogP contribution >= 0.6 is 15.9 Å². The predicted molar refractivity (Wildman–Crippen MR) is 72.7 cm³/mol. The molecule has 1 saturated carbocycles. The van der Waals surface area contributed by atoms with E-state index in [0.29, 0.717) is 22.5 Å². The quantitative estimate of drug-likeness (QED) is 0.852. The zero-order valence-electron chi connectivity index (χ0n) is 9.90. The molecule has 4 heteroatoms. The third-order valence-corrected chi connectivity index (χ3v) is 5.86. The fourth-order valence-corrected chi connectivity index (χ4v) is 4.46. The first-order valence-electron chi connectivity index (χ1n) is 5.96. The third kappa shape index (κ3) is 3.32. The van der Waals surface area contributed by atoms with Crippen LogP contribution in [0.3, 0.4) is 0 Å². The fraction of sp³-hybridized carbons (Fsp3) is 0.538. The van der Waals surface area contributed by atoms with Gasteiger partial charge in [0.2, 0.25) is 0 Å². The summed E-state index contributed by atoms with van der Waals surface area (Å²) in [5, 5.41) is 0. The summed E-state index contributed by atoms with van der Waals surface area (Å²) >= 11 is 3.31. The summed E-state index contributed by atoms with van der Waals surface area (Å²) in [5.41, 5.74) is 0. The lowest BCUT2D eigenvalue weighted by molar-refractivity contribution is 0.536. The molecule has 17 heavy (non-hydrogen) atoms. The van der Waals surface area contributed by atoms with E-state index in [0.717, 1.165) is 17.3 Å². The van der Waals surface area contributed by atoms with Gasteiger partial charge in [-0.15, -0.1) is 0 Å². The summed E-state index contributed by atoms with van der Waals surface area (Å²) in [6.45, 7) is 2.20. The molecule has 0 aromatic heterocycles. The van der Waals surface area contributed by atoms with Crippen molar-refractivity contribution < 1.29 is 8.42 Å². The lowest BCUT2D eigenvalue weighted by Crippen LogP contribution is -2.14. The van der Waals surface area contributed by atoms with E-state index in [1.54, 1.807) is 24.3 Å². The highest BCUT2D eigenvalue weighted by molar-refractivity contribution is 9.10. The second kappa shape index (κ2) is 5.11. The van der Waals surface area contributed by atoms with Crippen LogP contribution in [0.2, 0.25) is 0 Å². The van der Waals surface area contributed by atoms with Crippen LogP contribution in [-0.4, -0.2) is 14.2 Å². The molecule has 0 N–H and O–H groups in total. The van der Waals surface area contributed by atoms with Gasteiger partial charge in [0.15, 0.2) is 9.84 Å². The van der Waals surface area contributed by atoms with E-state index >= 15 is 0 Å². The van der Waals surface area contributed by atoms with E-state index < -0.39 is 9.84 Å². The highest BCUT2D eigenvalue weighted by atomic mass is 79.9. The smallest absolute Gasteiger partial charge is 0.178 e. The van der Waals surface area contributed by atoms with Crippen molar-refractivity contribution in [1.82, 2.24) is 0 Å². The minimum Gasteiger partial charge on any atom is -0.224 e. The van der Waals surface area contributed by atoms with Crippen molar-refractivity contribution in [3.63, 3.8) is 0 Å². The average molecular weight is 317 g/mol. The Morgan fingerprint density at radius 2 is 1.88 bits per heavy atom. The van der Waals surface area contributed by atoms with E-state index in [2.05, 4.69) is 22.9 Å². The van der Waals surface area contributed by atoms with Gasteiger partial charge in [-0.3, -0.25) is 0 Å². The highest BCUT2D eigenvalue weighted by Gasteiger charge is 2.27. The predicted octanol–water partition coefficient (Wildman–Crippen LogP) is 3.66. The monoisotopic (exact) mass is 316 g/mol. The van der Waals surface area contributed by atoms with Crippen molar-refractivity contribution >= 4 is 25.8 Å². The van der Waals surface area contributed by atoms with E-state index in [1.807, 2.05) is 0 Å². The van der Waals surface area contributed by atoms with Gasteiger partial charge in [-0.2, -0.15) is 0 Å². The second-order valence-electron chi connectivity index (χ2n) is 5.02. The molecule has 94 valence electrons. The molecule has 1 fully saturated rings. The first-order valence-corrected chi connectivity index (χ1v) is 8.40. The molecule has 0 heterocycles. The molecule has 0 radical (unpaired) electrons. The SMILES string of the molecule is CC1CCC(CS(=O)(=O)c2ccc(Br)cc2)C1. The van der Waals surface area contributed by atoms with Gasteiger partial charge in [0.05, 0.1) is 10.6 Å². The van der Waals surface area contributed by atoms with Crippen LogP contribution in [0.5, 0.6) is 0 Å². The molecule has 0 aliphatic heterocycles. The normalized spacial score (nSPS) is 25.1. The summed E-state index contributed by atoms with van der Waals surface area (Å²) in [5.74, 6) is 1.33. The van der Waals surface area contributed by atoms with E-state index in [4.69, 9.17) is 0 Å². The average Bonchev–Trinajstić information content (AvgIpc) is 2.63. The zero-order valence-corrected chi connectivity index (χ0v) is 12.3. The van der Waals surface area contributed by atoms with Crippen molar-refractivity contribution in [2.45, 2.75) is 31.1 Å². The summed E-state index contributed by atoms with van der Waals surface area (Å²) in [7, 11) is -3.10. The molecule has 0 spiro atoms. The van der Waals surface area contributed by atoms with Crippen molar-refractivity contribution in [1.29, 1.82) is 0 Å². The maximum atomic E-state index is 12.2. The maximum Gasteiger partial charge on any atom is 0.178 e. The minimum absolute atomic E-state index is 0.305. The van der Waals surface area contributed by atoms with Crippen LogP contribution < -0.4 is 0 Å². The van der Waals surface area contributed by atoms with E-state index in [-0.39, 0.29) is 0 Å². The third-order valence-electron chi connectivity index (χ3n) is 3.43. The van der Waals surface area contributed by atoms with E-state index in [9.17, 15) is 8.42 Å². The van der Waals surface area contributed by atoms with Crippen LogP contribution in [0.4, 0.5) is 0 Å². The lowest BCUT2D eigenvalue weighted by Gasteiger charge is -2.10. The van der Waals surface area contributed by atoms with Crippen LogP contribution in [0, 0.1) is 11.8 Å². The van der Waals surface area contributed by atoms with Crippen molar-refractivity contribution in [2.24, 2.45) is 11.8 Å². The summed E-state index contributed by atoms with van der Waals surface area (Å²) in [6.07, 6.45) is 3.27. The molecular formula is C13H17BrO2S. The molecule has 2 unspecified atom stereocenters. The van der Waals surface area contributed by atoms with Crippen LogP contribution in [0.1, 0.15) is 26.2 Å². The van der Waals surface area contributed by atoms with Gasteiger partial charge < -0.3 is 0 Å². The number of rotatable bonds is 3. The Kier molecular flexibility index (Phi) is 3.93. The fourth-order valence-electron chi connectivity index (χ4n) is 2.52. The van der Waals surface area contributed by atoms with E-state index in [1.165, 1.54) is 6.42 Å². The van der Waals surface area contributed by atoms with Gasteiger partial charge in [-0.25, -0.2) is 8.42 Å². The van der Waals surface area contributed by atoms with Gasteiger partial charge >= 0.3 is 0 Å². The largest absolute Gasteiger partial charge is 0.224 e. The maximum absolute atomic E-state index is 12.2. The standard InChI is InChI=1S/C13H17BrO2S/c1-10-2-3-11(8-10)9-17(15,16)13-6-4-12(14)5-7-13/h4-7,10-11H,2-3,8-9H2,1H3. The van der Waals surface area contributed by atoms with Gasteiger partial charge in [0.25, 0.3) is 0 Å². The van der Waals surface area contributed by atoms with Crippen LogP contribution in [0.15, 0.2) is 33.6 Å². The molecule has 2 nitrogen and oxygen atoms in total. The zero-order chi connectivity index (χ0) is 12.5. The number of halogens is 1. The van der Waals surface area contributed by atoms with Gasteiger partial charge in [0.1, 0.15) is 0 Å². The van der Waals surface area contributed by atoms with Crippen LogP contribution in [0.25, 0.3) is 0 Å². The molecule has 1 aliphatic carbocycles. The van der Waals surface area contributed by atoms with Gasteiger partial charge in [0, 0.05) is 4.47 Å². The van der Waals surface area contributed by atoms with Gasteiger partial charge in [-0.1, -0.05) is 29.3 Å². The topological polar surface area (TPSA) is 34.1 Å². The number of hydrogen-bond acceptors (Lipinski definition) is 2. The second-order valence-corrected chi connectivity index (χ2v) is 7.97. The molecular weight excluding hydrogens is 300 g/mol. The minimum atomic E-state index is -3.10. The molecule has 1 aromatic rings. The Bertz CT molecular complexity index is 479. The van der Waals surface area contributed by atoms with Crippen molar-refractivity contribution in [3.05, 3.63) is 28.7 Å². The first-order chi connectivity index (χ1) is 7.97. The Hall–Kier alpha value is -0.350. The first kappa shape index (κ1) is 13.1. The summed E-state index contributed by atoms with van der Waals surface area (Å²) in [6, 6.07) is 6.92. The highest BCUT2D eigenvalue weighted by Crippen LogP contribution is 2.32. The number of benzene rings is 1. The van der Waals surface area contributed by atoms with Crippen molar-refractivity contribution in [2.75, 3.05) is 5.75 Å². The molecule has 0 amide bonds. The Labute approximate surface area is 111 Å². The molecule has 0 bridgehead atoms. The molecule has 2 atom stereocenters. The summed E-state index contributed by atoms with van der Waals surface area (Å²) < 4.78 is 25.3. The molecule has 0 saturated heterocycles. The Morgan fingerprint density at radius 3 is 2.41 bits per heavy atom. The summed E-state index contributed by atoms with van der Waals surface area (Å²) in [4.78, 5) is 0.445. The number of sulfone groups is 1. The molecule has 1 aliphatic rings. The number of hydrogen-bond donors (Lipinski definition) is 0. The Morgan fingerprint density at radius 1 is 1.24 bits per heavy atom.